The number of amides is 2. The molecule has 0 radical (unpaired) electrons. The van der Waals surface area contributed by atoms with Gasteiger partial charge >= 0.3 is 12.2 Å². The minimum atomic E-state index is -4.73. The fourth-order valence-electron chi connectivity index (χ4n) is 5.95. The fourth-order valence-corrected chi connectivity index (χ4v) is 5.95. The predicted octanol–water partition coefficient (Wildman–Crippen LogP) is 4.56. The molecule has 2 aliphatic rings. The highest BCUT2D eigenvalue weighted by molar-refractivity contribution is 6.01. The molecule has 0 unspecified atom stereocenters. The van der Waals surface area contributed by atoms with Crippen LogP contribution in [0.3, 0.4) is 0 Å². The zero-order chi connectivity index (χ0) is 30.1. The quantitative estimate of drug-likeness (QED) is 0.290. The second-order valence-electron chi connectivity index (χ2n) is 10.7. The van der Waals surface area contributed by atoms with Crippen LogP contribution in [0.15, 0.2) is 53.7 Å². The van der Waals surface area contributed by atoms with Crippen molar-refractivity contribution in [3.63, 3.8) is 0 Å². The lowest BCUT2D eigenvalue weighted by atomic mass is 9.99. The molecule has 0 spiro atoms. The molecule has 1 aromatic carbocycles. The van der Waals surface area contributed by atoms with Gasteiger partial charge in [0, 0.05) is 49.5 Å². The molecule has 2 N–H and O–H groups in total. The van der Waals surface area contributed by atoms with E-state index in [1.54, 1.807) is 45.8 Å². The number of fused-ring (bicyclic) bond motifs is 1. The molecule has 15 heteroatoms. The van der Waals surface area contributed by atoms with Gasteiger partial charge in [-0.25, -0.2) is 18.6 Å². The number of nitrogens with one attached hydrogen (secondary N) is 2. The van der Waals surface area contributed by atoms with Crippen LogP contribution in [-0.4, -0.2) is 78.8 Å². The summed E-state index contributed by atoms with van der Waals surface area (Å²) < 4.78 is 79.3. The first-order valence-electron chi connectivity index (χ1n) is 13.5. The van der Waals surface area contributed by atoms with Gasteiger partial charge in [0.15, 0.2) is 0 Å². The van der Waals surface area contributed by atoms with E-state index in [9.17, 15) is 31.5 Å². The summed E-state index contributed by atoms with van der Waals surface area (Å²) >= 11 is 0. The number of benzene rings is 1. The first kappa shape index (κ1) is 27.2. The second-order valence-corrected chi connectivity index (χ2v) is 10.7. The molecule has 5 aromatic rings. The maximum absolute atomic E-state index is 14.2. The Bertz CT molecular complexity index is 1940. The molecule has 1 saturated heterocycles. The van der Waals surface area contributed by atoms with E-state index in [1.165, 1.54) is 4.90 Å². The lowest BCUT2D eigenvalue weighted by molar-refractivity contribution is -0.137. The van der Waals surface area contributed by atoms with Crippen LogP contribution in [0.1, 0.15) is 11.1 Å². The summed E-state index contributed by atoms with van der Waals surface area (Å²) in [6, 6.07) is 6.63. The van der Waals surface area contributed by atoms with Crippen molar-refractivity contribution >= 4 is 22.6 Å². The van der Waals surface area contributed by atoms with Gasteiger partial charge in [0.1, 0.15) is 12.3 Å². The number of aromatic nitrogens is 5. The SMILES string of the molecule is O=C(N1CCn2cc(-c3c(-c4cnc5ccccn45)[nH][nH]c3=O)c3cc(C(F)(F)F)cc(c32)C1)N1CCOCC(F)(F)C1. The van der Waals surface area contributed by atoms with Crippen LogP contribution in [0.5, 0.6) is 0 Å². The number of carbonyl (C=O) groups excluding carboxylic acids is 1. The number of pyridine rings is 1. The van der Waals surface area contributed by atoms with Crippen LogP contribution < -0.4 is 5.56 Å². The molecular weight excluding hydrogens is 577 g/mol. The third-order valence-corrected chi connectivity index (χ3v) is 7.85. The van der Waals surface area contributed by atoms with Gasteiger partial charge < -0.3 is 19.1 Å². The average Bonchev–Trinajstić information content (AvgIpc) is 3.57. The van der Waals surface area contributed by atoms with Gasteiger partial charge in [0.25, 0.3) is 11.5 Å². The minimum Gasteiger partial charge on any atom is -0.373 e. The monoisotopic (exact) mass is 601 g/mol. The summed E-state index contributed by atoms with van der Waals surface area (Å²) in [7, 11) is 0. The van der Waals surface area contributed by atoms with Gasteiger partial charge in [-0.3, -0.25) is 19.4 Å². The number of nitrogens with zero attached hydrogens (tertiary/aromatic N) is 5. The molecule has 10 nitrogen and oxygen atoms in total. The zero-order valence-corrected chi connectivity index (χ0v) is 22.4. The molecule has 0 bridgehead atoms. The summed E-state index contributed by atoms with van der Waals surface area (Å²) in [6.07, 6.45) is 0.186. The topological polar surface area (TPSA) is 104 Å². The highest BCUT2D eigenvalue weighted by Gasteiger charge is 2.39. The van der Waals surface area contributed by atoms with Gasteiger partial charge in [-0.1, -0.05) is 6.07 Å². The molecule has 2 aliphatic heterocycles. The highest BCUT2D eigenvalue weighted by atomic mass is 19.4. The fraction of sp³-hybridized carbons (Fsp3) is 0.321. The number of H-pyrrole nitrogens is 2. The van der Waals surface area contributed by atoms with E-state index < -0.39 is 42.4 Å². The Morgan fingerprint density at radius 2 is 1.91 bits per heavy atom. The minimum absolute atomic E-state index is 0.0463. The lowest BCUT2D eigenvalue weighted by Crippen LogP contribution is -2.48. The second kappa shape index (κ2) is 9.69. The number of halogens is 5. The first-order chi connectivity index (χ1) is 20.5. The van der Waals surface area contributed by atoms with Crippen LogP contribution in [0.2, 0.25) is 0 Å². The maximum Gasteiger partial charge on any atom is 0.416 e. The lowest BCUT2D eigenvalue weighted by Gasteiger charge is -2.30. The van der Waals surface area contributed by atoms with Crippen molar-refractivity contribution in [3.8, 4) is 22.5 Å². The molecule has 0 atom stereocenters. The number of carbonyl (C=O) groups is 1. The standard InChI is InChI=1S/C28H24F5N7O3/c29-27(30)14-39(7-8-43-15-27)26(42)38-6-5-37-13-19(18-10-17(28(31,32)33)9-16(12-38)24(18)37)22-23(35-36-25(22)41)20-11-34-21-3-1-2-4-40(20)21/h1-4,9-11,13H,5-8,12,14-15H2,(H2,35,36,41). The van der Waals surface area contributed by atoms with Crippen molar-refractivity contribution in [3.05, 3.63) is 70.4 Å². The van der Waals surface area contributed by atoms with Crippen molar-refractivity contribution < 1.29 is 31.5 Å². The van der Waals surface area contributed by atoms with Crippen LogP contribution in [0.4, 0.5) is 26.7 Å². The van der Waals surface area contributed by atoms with E-state index in [4.69, 9.17) is 4.74 Å². The van der Waals surface area contributed by atoms with E-state index in [2.05, 4.69) is 15.2 Å². The van der Waals surface area contributed by atoms with Crippen LogP contribution in [0, 0.1) is 0 Å². The van der Waals surface area contributed by atoms with Crippen molar-refractivity contribution in [2.75, 3.05) is 32.8 Å². The molecule has 1 fully saturated rings. The normalized spacial score (nSPS) is 17.4. The molecular formula is C28H24F5N7O3. The molecule has 7 rings (SSSR count). The summed E-state index contributed by atoms with van der Waals surface area (Å²) in [5.41, 5.74) is 1.02. The van der Waals surface area contributed by atoms with Gasteiger partial charge in [0.2, 0.25) is 0 Å². The highest BCUT2D eigenvalue weighted by Crippen LogP contribution is 2.41. The van der Waals surface area contributed by atoms with Crippen molar-refractivity contribution in [2.45, 2.75) is 25.2 Å². The molecule has 2 amide bonds. The summed E-state index contributed by atoms with van der Waals surface area (Å²) in [4.78, 5) is 33.2. The van der Waals surface area contributed by atoms with E-state index in [0.717, 1.165) is 17.0 Å². The first-order valence-corrected chi connectivity index (χ1v) is 13.5. The molecule has 0 aliphatic carbocycles. The summed E-state index contributed by atoms with van der Waals surface area (Å²) in [5, 5.41) is 5.59. The summed E-state index contributed by atoms with van der Waals surface area (Å²) in [6.45, 7) is -1.84. The smallest absolute Gasteiger partial charge is 0.373 e. The number of hydrogen-bond donors (Lipinski definition) is 2. The number of urea groups is 1. The number of alkyl halides is 5. The Hall–Kier alpha value is -4.66. The molecule has 224 valence electrons. The average molecular weight is 602 g/mol. The Kier molecular flexibility index (Phi) is 6.13. The Balaban J connectivity index is 1.36. The Morgan fingerprint density at radius 3 is 2.72 bits per heavy atom. The van der Waals surface area contributed by atoms with Crippen molar-refractivity contribution in [1.29, 1.82) is 0 Å². The number of ether oxygens (including phenoxy) is 1. The molecule has 4 aromatic heterocycles. The maximum atomic E-state index is 14.2. The molecule has 43 heavy (non-hydrogen) atoms. The summed E-state index contributed by atoms with van der Waals surface area (Å²) in [5.74, 6) is -3.25. The predicted molar refractivity (Wildman–Crippen MR) is 145 cm³/mol. The van der Waals surface area contributed by atoms with Crippen molar-refractivity contribution in [2.24, 2.45) is 0 Å². The Morgan fingerprint density at radius 1 is 1.07 bits per heavy atom. The third-order valence-electron chi connectivity index (χ3n) is 7.85. The Labute approximate surface area is 239 Å². The number of rotatable bonds is 2. The molecule has 0 saturated carbocycles. The van der Waals surface area contributed by atoms with E-state index >= 15 is 0 Å². The zero-order valence-electron chi connectivity index (χ0n) is 22.4. The number of aromatic amines is 2. The van der Waals surface area contributed by atoms with Crippen molar-refractivity contribution in [1.82, 2.24) is 33.9 Å². The van der Waals surface area contributed by atoms with Crippen LogP contribution >= 0.6 is 0 Å². The van der Waals surface area contributed by atoms with Gasteiger partial charge in [-0.15, -0.1) is 0 Å². The van der Waals surface area contributed by atoms with E-state index in [1.807, 2.05) is 0 Å². The van der Waals surface area contributed by atoms with Gasteiger partial charge in [0.05, 0.1) is 47.4 Å². The number of imidazole rings is 1. The molecule has 6 heterocycles. The van der Waals surface area contributed by atoms with E-state index in [-0.39, 0.29) is 54.9 Å². The van der Waals surface area contributed by atoms with Gasteiger partial charge in [-0.05, 0) is 29.8 Å². The van der Waals surface area contributed by atoms with Crippen LogP contribution in [-0.2, 0) is 24.0 Å². The number of hydrogen-bond acceptors (Lipinski definition) is 4. The third kappa shape index (κ3) is 4.63. The van der Waals surface area contributed by atoms with Gasteiger partial charge in [-0.2, -0.15) is 13.2 Å². The van der Waals surface area contributed by atoms with E-state index in [0.29, 0.717) is 22.6 Å². The van der Waals surface area contributed by atoms with Crippen LogP contribution in [0.25, 0.3) is 39.1 Å². The largest absolute Gasteiger partial charge is 0.416 e.